The molecule has 0 aliphatic carbocycles. The van der Waals surface area contributed by atoms with Gasteiger partial charge in [-0.3, -0.25) is 14.4 Å². The summed E-state index contributed by atoms with van der Waals surface area (Å²) in [4.78, 5) is 36.1. The Bertz CT molecular complexity index is 606. The van der Waals surface area contributed by atoms with Crippen molar-refractivity contribution in [3.63, 3.8) is 0 Å². The minimum absolute atomic E-state index is 0.132. The van der Waals surface area contributed by atoms with E-state index in [1.165, 1.54) is 0 Å². The van der Waals surface area contributed by atoms with Gasteiger partial charge in [-0.15, -0.1) is 0 Å². The molecule has 0 aliphatic rings. The van der Waals surface area contributed by atoms with Crippen molar-refractivity contribution in [1.82, 2.24) is 10.6 Å². The Balaban J connectivity index is 2.73. The summed E-state index contributed by atoms with van der Waals surface area (Å²) in [6.07, 6.45) is 0.835. The van der Waals surface area contributed by atoms with Gasteiger partial charge in [-0.2, -0.15) is 0 Å². The average Bonchev–Trinajstić information content (AvgIpc) is 2.51. The zero-order valence-corrected chi connectivity index (χ0v) is 15.0. The van der Waals surface area contributed by atoms with E-state index in [2.05, 4.69) is 16.0 Å². The fourth-order valence-corrected chi connectivity index (χ4v) is 1.80. The zero-order chi connectivity index (χ0) is 18.3. The first-order valence-corrected chi connectivity index (χ1v) is 8.15. The van der Waals surface area contributed by atoms with E-state index < -0.39 is 11.5 Å². The molecule has 132 valence electrons. The Morgan fingerprint density at radius 1 is 1.17 bits per heavy atom. The van der Waals surface area contributed by atoms with E-state index in [4.69, 9.17) is 0 Å². The quantitative estimate of drug-likeness (QED) is 0.746. The topological polar surface area (TPSA) is 87.3 Å². The lowest BCUT2D eigenvalue weighted by Gasteiger charge is -2.18. The molecular weight excluding hydrogens is 306 g/mol. The number of hydrogen-bond acceptors (Lipinski definition) is 3. The molecule has 0 saturated carbocycles. The van der Waals surface area contributed by atoms with Crippen LogP contribution in [0.1, 0.15) is 51.4 Å². The average molecular weight is 333 g/mol. The number of carbonyl (C=O) groups excluding carboxylic acids is 3. The number of anilines is 1. The number of hydrogen-bond donors (Lipinski definition) is 3. The Kier molecular flexibility index (Phi) is 6.95. The van der Waals surface area contributed by atoms with Gasteiger partial charge in [0.25, 0.3) is 5.91 Å². The molecule has 24 heavy (non-hydrogen) atoms. The first-order chi connectivity index (χ1) is 11.1. The van der Waals surface area contributed by atoms with Gasteiger partial charge >= 0.3 is 0 Å². The maximum Gasteiger partial charge on any atom is 0.251 e. The van der Waals surface area contributed by atoms with Crippen LogP contribution in [0, 0.1) is 5.41 Å². The molecule has 0 aromatic heterocycles. The first-order valence-electron chi connectivity index (χ1n) is 8.15. The van der Waals surface area contributed by atoms with Gasteiger partial charge in [0, 0.05) is 23.2 Å². The maximum atomic E-state index is 12.3. The summed E-state index contributed by atoms with van der Waals surface area (Å²) >= 11 is 0. The van der Waals surface area contributed by atoms with Crippen LogP contribution in [0.3, 0.4) is 0 Å². The highest BCUT2D eigenvalue weighted by Crippen LogP contribution is 2.18. The first kappa shape index (κ1) is 19.7. The second-order valence-corrected chi connectivity index (χ2v) is 6.77. The molecule has 0 heterocycles. The summed E-state index contributed by atoms with van der Waals surface area (Å²) in [5, 5.41) is 8.17. The van der Waals surface area contributed by atoms with Crippen molar-refractivity contribution in [3.8, 4) is 0 Å². The molecule has 0 radical (unpaired) electrons. The van der Waals surface area contributed by atoms with Crippen LogP contribution in [-0.2, 0) is 9.59 Å². The smallest absolute Gasteiger partial charge is 0.251 e. The number of rotatable bonds is 6. The van der Waals surface area contributed by atoms with Crippen LogP contribution in [-0.4, -0.2) is 30.3 Å². The molecule has 3 amide bonds. The molecule has 1 unspecified atom stereocenters. The molecule has 3 N–H and O–H groups in total. The number of nitrogens with one attached hydrogen (secondary N) is 3. The monoisotopic (exact) mass is 333 g/mol. The van der Waals surface area contributed by atoms with Gasteiger partial charge in [-0.05, 0) is 31.5 Å². The Hall–Kier alpha value is -2.37. The second-order valence-electron chi connectivity index (χ2n) is 6.77. The van der Waals surface area contributed by atoms with E-state index in [9.17, 15) is 14.4 Å². The van der Waals surface area contributed by atoms with Gasteiger partial charge in [0.05, 0.1) is 0 Å². The van der Waals surface area contributed by atoms with Crippen molar-refractivity contribution in [3.05, 3.63) is 29.8 Å². The lowest BCUT2D eigenvalue weighted by Crippen LogP contribution is -2.45. The minimum Gasteiger partial charge on any atom is -0.354 e. The summed E-state index contributed by atoms with van der Waals surface area (Å²) in [6, 6.07) is 6.01. The maximum absolute atomic E-state index is 12.3. The summed E-state index contributed by atoms with van der Waals surface area (Å²) in [5.74, 6) is -0.712. The van der Waals surface area contributed by atoms with Gasteiger partial charge in [0.1, 0.15) is 6.04 Å². The van der Waals surface area contributed by atoms with Crippen molar-refractivity contribution in [2.75, 3.05) is 11.9 Å². The Morgan fingerprint density at radius 3 is 2.42 bits per heavy atom. The highest BCUT2D eigenvalue weighted by molar-refractivity contribution is 6.00. The predicted molar refractivity (Wildman–Crippen MR) is 94.8 cm³/mol. The number of benzene rings is 1. The third-order valence-electron chi connectivity index (χ3n) is 3.35. The highest BCUT2D eigenvalue weighted by atomic mass is 16.2. The molecule has 0 fully saturated rings. The molecule has 1 aromatic rings. The van der Waals surface area contributed by atoms with Crippen LogP contribution in [0.2, 0.25) is 0 Å². The molecule has 1 aromatic carbocycles. The Labute approximate surface area is 143 Å². The molecule has 1 atom stereocenters. The fourth-order valence-electron chi connectivity index (χ4n) is 1.80. The van der Waals surface area contributed by atoms with E-state index in [0.29, 0.717) is 17.8 Å². The van der Waals surface area contributed by atoms with Crippen LogP contribution in [0.15, 0.2) is 24.3 Å². The van der Waals surface area contributed by atoms with Gasteiger partial charge < -0.3 is 16.0 Å². The van der Waals surface area contributed by atoms with Gasteiger partial charge in [0.15, 0.2) is 0 Å². The van der Waals surface area contributed by atoms with Crippen LogP contribution in [0.4, 0.5) is 5.69 Å². The van der Waals surface area contributed by atoms with Crippen LogP contribution in [0.5, 0.6) is 0 Å². The van der Waals surface area contributed by atoms with E-state index in [0.717, 1.165) is 6.42 Å². The third-order valence-corrected chi connectivity index (χ3v) is 3.35. The van der Waals surface area contributed by atoms with Crippen molar-refractivity contribution >= 4 is 23.4 Å². The fraction of sp³-hybridized carbons (Fsp3) is 0.500. The molecule has 6 nitrogen and oxygen atoms in total. The van der Waals surface area contributed by atoms with Crippen LogP contribution < -0.4 is 16.0 Å². The molecule has 0 bridgehead atoms. The minimum atomic E-state index is -0.628. The molecule has 6 heteroatoms. The molecular formula is C18H27N3O3. The largest absolute Gasteiger partial charge is 0.354 e. The van der Waals surface area contributed by atoms with Crippen molar-refractivity contribution in [1.29, 1.82) is 0 Å². The number of carbonyl (C=O) groups is 3. The van der Waals surface area contributed by atoms with Crippen molar-refractivity contribution in [2.24, 2.45) is 5.41 Å². The lowest BCUT2D eigenvalue weighted by molar-refractivity contribution is -0.123. The lowest BCUT2D eigenvalue weighted by atomic mass is 9.95. The zero-order valence-electron chi connectivity index (χ0n) is 15.0. The summed E-state index contributed by atoms with van der Waals surface area (Å²) in [7, 11) is 0. The van der Waals surface area contributed by atoms with Crippen LogP contribution in [0.25, 0.3) is 0 Å². The number of amides is 3. The van der Waals surface area contributed by atoms with E-state index in [-0.39, 0.29) is 17.7 Å². The van der Waals surface area contributed by atoms with Gasteiger partial charge in [-0.25, -0.2) is 0 Å². The standard InChI is InChI=1S/C18H27N3O3/c1-6-10-19-15(22)12(2)20-16(23)13-8-7-9-14(11-13)21-17(24)18(3,4)5/h7-9,11-12H,6,10H2,1-5H3,(H,19,22)(H,20,23)(H,21,24). The van der Waals surface area contributed by atoms with Crippen molar-refractivity contribution < 1.29 is 14.4 Å². The van der Waals surface area contributed by atoms with E-state index in [1.807, 2.05) is 27.7 Å². The Morgan fingerprint density at radius 2 is 1.83 bits per heavy atom. The molecule has 1 rings (SSSR count). The van der Waals surface area contributed by atoms with Gasteiger partial charge in [0.2, 0.25) is 11.8 Å². The molecule has 0 aliphatic heterocycles. The predicted octanol–water partition coefficient (Wildman–Crippen LogP) is 2.32. The normalized spacial score (nSPS) is 12.2. The van der Waals surface area contributed by atoms with E-state index in [1.54, 1.807) is 31.2 Å². The summed E-state index contributed by atoms with van der Waals surface area (Å²) in [6.45, 7) is 9.61. The molecule has 0 saturated heterocycles. The molecule has 0 spiro atoms. The van der Waals surface area contributed by atoms with Gasteiger partial charge in [-0.1, -0.05) is 33.8 Å². The van der Waals surface area contributed by atoms with Crippen LogP contribution >= 0.6 is 0 Å². The summed E-state index contributed by atoms with van der Waals surface area (Å²) in [5.41, 5.74) is 0.409. The second kappa shape index (κ2) is 8.47. The van der Waals surface area contributed by atoms with Crippen molar-refractivity contribution in [2.45, 2.75) is 47.1 Å². The third kappa shape index (κ3) is 6.02. The summed E-state index contributed by atoms with van der Waals surface area (Å²) < 4.78 is 0. The highest BCUT2D eigenvalue weighted by Gasteiger charge is 2.21. The van der Waals surface area contributed by atoms with E-state index >= 15 is 0 Å². The SMILES string of the molecule is CCCNC(=O)C(C)NC(=O)c1cccc(NC(=O)C(C)(C)C)c1.